The Bertz CT molecular complexity index is 1540. The average Bonchev–Trinajstić information content (AvgIpc) is 3.45. The number of rotatable bonds is 11. The first-order chi connectivity index (χ1) is 20.1. The second kappa shape index (κ2) is 13.4. The third-order valence-corrected chi connectivity index (χ3v) is 7.14. The zero-order valence-electron chi connectivity index (χ0n) is 22.6. The van der Waals surface area contributed by atoms with Crippen LogP contribution in [-0.4, -0.2) is 54.2 Å². The molecule has 0 aliphatic rings. The topological polar surface area (TPSA) is 93.6 Å². The highest BCUT2D eigenvalue weighted by atomic mass is 32.1. The first-order valence-corrected chi connectivity index (χ1v) is 13.5. The molecule has 0 aliphatic carbocycles. The van der Waals surface area contributed by atoms with Crippen LogP contribution in [0.3, 0.4) is 0 Å². The van der Waals surface area contributed by atoms with Gasteiger partial charge in [0.2, 0.25) is 11.0 Å². The third-order valence-electron chi connectivity index (χ3n) is 6.25. The van der Waals surface area contributed by atoms with Crippen molar-refractivity contribution in [1.29, 1.82) is 0 Å². The van der Waals surface area contributed by atoms with E-state index in [1.807, 2.05) is 6.07 Å². The summed E-state index contributed by atoms with van der Waals surface area (Å²) in [6, 6.07) is 15.4. The molecule has 0 atom stereocenters. The molecule has 0 bridgehead atoms. The van der Waals surface area contributed by atoms with Crippen molar-refractivity contribution in [3.63, 3.8) is 0 Å². The molecule has 2 amide bonds. The van der Waals surface area contributed by atoms with Crippen LogP contribution in [0.4, 0.5) is 22.7 Å². The molecule has 1 N–H and O–H groups in total. The molecule has 0 spiro atoms. The fourth-order valence-electron chi connectivity index (χ4n) is 4.03. The van der Waals surface area contributed by atoms with E-state index in [-0.39, 0.29) is 30.2 Å². The molecular formula is C29H26F4N4O4S. The fraction of sp³-hybridized carbons (Fsp3) is 0.241. The predicted molar refractivity (Wildman–Crippen MR) is 149 cm³/mol. The van der Waals surface area contributed by atoms with Crippen molar-refractivity contribution in [3.05, 3.63) is 89.2 Å². The number of anilines is 1. The largest absolute Gasteiger partial charge is 0.493 e. The monoisotopic (exact) mass is 602 g/mol. The van der Waals surface area contributed by atoms with E-state index in [4.69, 9.17) is 9.47 Å². The van der Waals surface area contributed by atoms with Crippen LogP contribution in [0.2, 0.25) is 0 Å². The Labute approximate surface area is 242 Å². The molecule has 0 saturated heterocycles. The van der Waals surface area contributed by atoms with Gasteiger partial charge < -0.3 is 19.7 Å². The molecule has 0 radical (unpaired) electrons. The molecular weight excluding hydrogens is 576 g/mol. The van der Waals surface area contributed by atoms with Crippen molar-refractivity contribution in [3.8, 4) is 22.1 Å². The maximum atomic E-state index is 14.4. The smallest absolute Gasteiger partial charge is 0.416 e. The number of amides is 2. The van der Waals surface area contributed by atoms with Crippen molar-refractivity contribution in [2.75, 3.05) is 32.6 Å². The molecule has 4 rings (SSSR count). The Morgan fingerprint density at radius 3 is 2.31 bits per heavy atom. The standard InChI is InChI=1S/C29H26F4N4O4S/c1-40-23-12-7-18(17-24(23)41-2)13-15-37(27(39)21-5-3-4-6-22(21)30)16-14-25(38)34-28-36-35-26(42-28)19-8-10-20(11-9-19)29(31,32)33/h3-12,17H,13-16H2,1-2H3,(H,34,36,38). The summed E-state index contributed by atoms with van der Waals surface area (Å²) in [4.78, 5) is 27.4. The van der Waals surface area contributed by atoms with Gasteiger partial charge in [0.05, 0.1) is 25.3 Å². The van der Waals surface area contributed by atoms with E-state index in [9.17, 15) is 27.2 Å². The lowest BCUT2D eigenvalue weighted by Crippen LogP contribution is -2.36. The predicted octanol–water partition coefficient (Wildman–Crippen LogP) is 6.09. The minimum Gasteiger partial charge on any atom is -0.493 e. The number of nitrogens with zero attached hydrogens (tertiary/aromatic N) is 3. The van der Waals surface area contributed by atoms with Crippen molar-refractivity contribution < 1.29 is 36.6 Å². The van der Waals surface area contributed by atoms with E-state index in [0.717, 1.165) is 29.0 Å². The molecule has 1 heterocycles. The summed E-state index contributed by atoms with van der Waals surface area (Å²) in [6.45, 7) is 0.170. The quantitative estimate of drug-likeness (QED) is 0.209. The van der Waals surface area contributed by atoms with Crippen LogP contribution >= 0.6 is 11.3 Å². The zero-order valence-corrected chi connectivity index (χ0v) is 23.4. The van der Waals surface area contributed by atoms with E-state index in [0.29, 0.717) is 28.5 Å². The lowest BCUT2D eigenvalue weighted by molar-refractivity contribution is -0.137. The molecule has 3 aromatic carbocycles. The molecule has 1 aromatic heterocycles. The number of ether oxygens (including phenoxy) is 2. The van der Waals surface area contributed by atoms with E-state index >= 15 is 0 Å². The number of hydrogen-bond donors (Lipinski definition) is 1. The molecule has 0 saturated carbocycles. The second-order valence-corrected chi connectivity index (χ2v) is 9.97. The van der Waals surface area contributed by atoms with Crippen molar-refractivity contribution in [2.45, 2.75) is 19.0 Å². The summed E-state index contributed by atoms with van der Waals surface area (Å²) in [5.41, 5.74) is 0.353. The summed E-state index contributed by atoms with van der Waals surface area (Å²) in [6.07, 6.45) is -4.18. The molecule has 4 aromatic rings. The van der Waals surface area contributed by atoms with Crippen LogP contribution in [0, 0.1) is 5.82 Å². The minimum absolute atomic E-state index is 0.0170. The van der Waals surface area contributed by atoms with Crippen LogP contribution in [0.15, 0.2) is 66.7 Å². The van der Waals surface area contributed by atoms with Gasteiger partial charge in [0.25, 0.3) is 5.91 Å². The zero-order chi connectivity index (χ0) is 30.3. The normalized spacial score (nSPS) is 11.2. The Hall–Kier alpha value is -4.52. The Kier molecular flexibility index (Phi) is 9.73. The number of carbonyl (C=O) groups is 2. The van der Waals surface area contributed by atoms with E-state index in [2.05, 4.69) is 15.5 Å². The van der Waals surface area contributed by atoms with Gasteiger partial charge in [-0.3, -0.25) is 9.59 Å². The van der Waals surface area contributed by atoms with Gasteiger partial charge >= 0.3 is 6.18 Å². The van der Waals surface area contributed by atoms with Gasteiger partial charge in [-0.2, -0.15) is 13.2 Å². The van der Waals surface area contributed by atoms with Gasteiger partial charge in [0.15, 0.2) is 11.5 Å². The van der Waals surface area contributed by atoms with Crippen LogP contribution < -0.4 is 14.8 Å². The van der Waals surface area contributed by atoms with E-state index in [1.54, 1.807) is 18.2 Å². The number of benzene rings is 3. The number of alkyl halides is 3. The Morgan fingerprint density at radius 2 is 1.64 bits per heavy atom. The number of methoxy groups -OCH3 is 2. The maximum Gasteiger partial charge on any atom is 0.416 e. The highest BCUT2D eigenvalue weighted by molar-refractivity contribution is 7.18. The van der Waals surface area contributed by atoms with Crippen LogP contribution in [0.1, 0.15) is 27.9 Å². The van der Waals surface area contributed by atoms with Gasteiger partial charge in [-0.15, -0.1) is 10.2 Å². The minimum atomic E-state index is -4.46. The summed E-state index contributed by atoms with van der Waals surface area (Å²) < 4.78 is 63.5. The summed E-state index contributed by atoms with van der Waals surface area (Å²) >= 11 is 0.993. The number of hydrogen-bond acceptors (Lipinski definition) is 7. The van der Waals surface area contributed by atoms with E-state index in [1.165, 1.54) is 49.5 Å². The average molecular weight is 603 g/mol. The van der Waals surface area contributed by atoms with Crippen molar-refractivity contribution >= 4 is 28.3 Å². The SMILES string of the molecule is COc1ccc(CCN(CCC(=O)Nc2nnc(-c3ccc(C(F)(F)F)cc3)s2)C(=O)c2ccccc2F)cc1OC. The van der Waals surface area contributed by atoms with Gasteiger partial charge in [0, 0.05) is 25.1 Å². The molecule has 220 valence electrons. The van der Waals surface area contributed by atoms with Crippen LogP contribution in [0.25, 0.3) is 10.6 Å². The Balaban J connectivity index is 1.42. The Morgan fingerprint density at radius 1 is 0.929 bits per heavy atom. The van der Waals surface area contributed by atoms with Gasteiger partial charge in [-0.25, -0.2) is 4.39 Å². The molecule has 8 nitrogen and oxygen atoms in total. The molecule has 0 unspecified atom stereocenters. The van der Waals surface area contributed by atoms with Crippen LogP contribution in [0.5, 0.6) is 11.5 Å². The van der Waals surface area contributed by atoms with Crippen molar-refractivity contribution in [1.82, 2.24) is 15.1 Å². The van der Waals surface area contributed by atoms with E-state index < -0.39 is 29.4 Å². The van der Waals surface area contributed by atoms with Gasteiger partial charge in [0.1, 0.15) is 10.8 Å². The summed E-state index contributed by atoms with van der Waals surface area (Å²) in [5, 5.41) is 10.9. The molecule has 13 heteroatoms. The maximum absolute atomic E-state index is 14.4. The number of halogens is 4. The molecule has 0 fully saturated rings. The first-order valence-electron chi connectivity index (χ1n) is 12.6. The molecule has 0 aliphatic heterocycles. The van der Waals surface area contributed by atoms with Crippen molar-refractivity contribution in [2.24, 2.45) is 0 Å². The molecule has 42 heavy (non-hydrogen) atoms. The number of nitrogens with one attached hydrogen (secondary N) is 1. The first kappa shape index (κ1) is 30.4. The lowest BCUT2D eigenvalue weighted by Gasteiger charge is -2.23. The number of carbonyl (C=O) groups excluding carboxylic acids is 2. The van der Waals surface area contributed by atoms with Gasteiger partial charge in [-0.1, -0.05) is 41.7 Å². The third kappa shape index (κ3) is 7.60. The highest BCUT2D eigenvalue weighted by Crippen LogP contribution is 2.32. The van der Waals surface area contributed by atoms with Gasteiger partial charge in [-0.05, 0) is 48.4 Å². The summed E-state index contributed by atoms with van der Waals surface area (Å²) in [5.74, 6) is -0.637. The lowest BCUT2D eigenvalue weighted by atomic mass is 10.1. The fourth-order valence-corrected chi connectivity index (χ4v) is 4.80. The number of aromatic nitrogens is 2. The highest BCUT2D eigenvalue weighted by Gasteiger charge is 2.30. The summed E-state index contributed by atoms with van der Waals surface area (Å²) in [7, 11) is 3.04. The van der Waals surface area contributed by atoms with Crippen LogP contribution in [-0.2, 0) is 17.4 Å². The second-order valence-electron chi connectivity index (χ2n) is 9.00.